The molecule has 0 aliphatic carbocycles. The Hall–Kier alpha value is -3.06. The fourth-order valence-electron chi connectivity index (χ4n) is 3.12. The lowest BCUT2D eigenvalue weighted by Gasteiger charge is -2.11. The van der Waals surface area contributed by atoms with Crippen molar-refractivity contribution in [2.24, 2.45) is 0 Å². The lowest BCUT2D eigenvalue weighted by Crippen LogP contribution is -2.16. The number of carbonyl (C=O) groups is 2. The van der Waals surface area contributed by atoms with E-state index in [1.54, 1.807) is 11.5 Å². The van der Waals surface area contributed by atoms with Crippen LogP contribution in [0.25, 0.3) is 0 Å². The minimum absolute atomic E-state index is 0.00320. The number of amides is 1. The van der Waals surface area contributed by atoms with Gasteiger partial charge < -0.3 is 19.4 Å². The van der Waals surface area contributed by atoms with Crippen molar-refractivity contribution in [1.29, 1.82) is 0 Å². The van der Waals surface area contributed by atoms with Gasteiger partial charge in [-0.25, -0.2) is 4.79 Å². The van der Waals surface area contributed by atoms with Crippen molar-refractivity contribution < 1.29 is 32.2 Å². The first kappa shape index (κ1) is 26.5. The van der Waals surface area contributed by atoms with Gasteiger partial charge in [0, 0.05) is 11.4 Å². The molecular weight excluding hydrogens is 505 g/mol. The van der Waals surface area contributed by atoms with Crippen LogP contribution in [0.4, 0.5) is 18.2 Å². The van der Waals surface area contributed by atoms with Crippen LogP contribution in [0.2, 0.25) is 0 Å². The smallest absolute Gasteiger partial charge is 0.416 e. The summed E-state index contributed by atoms with van der Waals surface area (Å²) in [4.78, 5) is 25.5. The molecule has 0 radical (unpaired) electrons. The highest BCUT2D eigenvalue weighted by molar-refractivity contribution is 7.99. The lowest BCUT2D eigenvalue weighted by molar-refractivity contribution is -0.137. The number of hydrogen-bond acceptors (Lipinski definition) is 8. The van der Waals surface area contributed by atoms with Crippen LogP contribution in [-0.4, -0.2) is 39.5 Å². The zero-order valence-corrected chi connectivity index (χ0v) is 21.0. The van der Waals surface area contributed by atoms with Gasteiger partial charge >= 0.3 is 12.1 Å². The minimum atomic E-state index is -4.47. The SMILES string of the molecule is CCn1c(COc2cccc(C(F)(F)F)c2)nnc1SCC(=O)Nc1sc(C)c(C)c1C(=O)OC. The number of carbonyl (C=O) groups excluding carboxylic acids is 2. The monoisotopic (exact) mass is 528 g/mol. The van der Waals surface area contributed by atoms with Gasteiger partial charge in [0.1, 0.15) is 17.4 Å². The first-order valence-electron chi connectivity index (χ1n) is 10.4. The molecule has 0 spiro atoms. The third-order valence-electron chi connectivity index (χ3n) is 5.00. The number of esters is 1. The predicted octanol–water partition coefficient (Wildman–Crippen LogP) is 5.09. The van der Waals surface area contributed by atoms with Crippen molar-refractivity contribution >= 4 is 40.0 Å². The lowest BCUT2D eigenvalue weighted by atomic mass is 10.1. The largest absolute Gasteiger partial charge is 0.486 e. The first-order chi connectivity index (χ1) is 16.5. The van der Waals surface area contributed by atoms with Crippen molar-refractivity contribution in [3.05, 3.63) is 51.7 Å². The van der Waals surface area contributed by atoms with Gasteiger partial charge in [-0.3, -0.25) is 4.79 Å². The molecule has 0 saturated carbocycles. The van der Waals surface area contributed by atoms with Gasteiger partial charge in [0.15, 0.2) is 11.0 Å². The van der Waals surface area contributed by atoms with Gasteiger partial charge in [-0.05, 0) is 44.5 Å². The summed E-state index contributed by atoms with van der Waals surface area (Å²) in [5.41, 5.74) is 0.278. The number of hydrogen-bond donors (Lipinski definition) is 1. The topological polar surface area (TPSA) is 95.3 Å². The summed E-state index contributed by atoms with van der Waals surface area (Å²) in [6.45, 7) is 5.86. The molecule has 0 atom stereocenters. The van der Waals surface area contributed by atoms with Gasteiger partial charge in [0.05, 0.1) is 24.0 Å². The van der Waals surface area contributed by atoms with E-state index in [4.69, 9.17) is 9.47 Å². The number of thioether (sulfide) groups is 1. The molecule has 1 N–H and O–H groups in total. The Labute approximate surface area is 207 Å². The Morgan fingerprint density at radius 2 is 1.97 bits per heavy atom. The number of halogens is 3. The van der Waals surface area contributed by atoms with Crippen LogP contribution in [0.5, 0.6) is 5.75 Å². The molecule has 2 heterocycles. The maximum atomic E-state index is 12.9. The van der Waals surface area contributed by atoms with Crippen molar-refractivity contribution in [2.75, 3.05) is 18.2 Å². The molecule has 1 aromatic carbocycles. The molecule has 0 saturated heterocycles. The number of benzene rings is 1. The normalized spacial score (nSPS) is 11.4. The van der Waals surface area contributed by atoms with Crippen LogP contribution in [-0.2, 0) is 28.9 Å². The van der Waals surface area contributed by atoms with E-state index in [1.807, 2.05) is 13.8 Å². The number of alkyl halides is 3. The second kappa shape index (κ2) is 11.1. The molecule has 0 aliphatic heterocycles. The molecular formula is C22H23F3N4O4S2. The van der Waals surface area contributed by atoms with Crippen LogP contribution in [0, 0.1) is 13.8 Å². The first-order valence-corrected chi connectivity index (χ1v) is 12.2. The molecule has 3 rings (SSSR count). The van der Waals surface area contributed by atoms with Crippen molar-refractivity contribution in [2.45, 2.75) is 45.3 Å². The Bertz CT molecular complexity index is 1220. The van der Waals surface area contributed by atoms with Crippen LogP contribution in [0.3, 0.4) is 0 Å². The number of aryl methyl sites for hydroxylation is 1. The predicted molar refractivity (Wildman–Crippen MR) is 126 cm³/mol. The number of rotatable bonds is 9. The van der Waals surface area contributed by atoms with E-state index in [9.17, 15) is 22.8 Å². The van der Waals surface area contributed by atoms with E-state index in [2.05, 4.69) is 15.5 Å². The van der Waals surface area contributed by atoms with E-state index in [0.29, 0.717) is 28.1 Å². The second-order valence-electron chi connectivity index (χ2n) is 7.27. The third-order valence-corrected chi connectivity index (χ3v) is 7.09. The van der Waals surface area contributed by atoms with Crippen molar-refractivity contribution in [3.8, 4) is 5.75 Å². The summed E-state index contributed by atoms with van der Waals surface area (Å²) in [5.74, 6) is -0.393. The number of nitrogens with one attached hydrogen (secondary N) is 1. The van der Waals surface area contributed by atoms with E-state index in [0.717, 1.165) is 34.3 Å². The standard InChI is InChI=1S/C22H23F3N4O4S2/c1-5-29-16(10-33-15-8-6-7-14(9-15)22(23,24)25)27-28-21(29)34-11-17(30)26-19-18(20(31)32-4)12(2)13(3)35-19/h6-9H,5,10-11H2,1-4H3,(H,26,30). The number of ether oxygens (including phenoxy) is 2. The van der Waals surface area contributed by atoms with Gasteiger partial charge in [-0.15, -0.1) is 21.5 Å². The highest BCUT2D eigenvalue weighted by Gasteiger charge is 2.30. The maximum absolute atomic E-state index is 12.9. The van der Waals surface area contributed by atoms with E-state index < -0.39 is 17.7 Å². The highest BCUT2D eigenvalue weighted by Crippen LogP contribution is 2.33. The molecule has 0 bridgehead atoms. The molecule has 188 valence electrons. The summed E-state index contributed by atoms with van der Waals surface area (Å²) in [7, 11) is 1.28. The molecule has 0 fully saturated rings. The second-order valence-corrected chi connectivity index (χ2v) is 9.44. The minimum Gasteiger partial charge on any atom is -0.486 e. The van der Waals surface area contributed by atoms with Crippen LogP contribution >= 0.6 is 23.1 Å². The molecule has 13 heteroatoms. The number of methoxy groups -OCH3 is 1. The van der Waals surface area contributed by atoms with Gasteiger partial charge in [-0.2, -0.15) is 13.2 Å². The fraction of sp³-hybridized carbons (Fsp3) is 0.364. The van der Waals surface area contributed by atoms with Crippen LogP contribution < -0.4 is 10.1 Å². The molecule has 0 unspecified atom stereocenters. The van der Waals surface area contributed by atoms with Gasteiger partial charge in [0.2, 0.25) is 5.91 Å². The Morgan fingerprint density at radius 3 is 2.63 bits per heavy atom. The Balaban J connectivity index is 1.64. The molecule has 2 aromatic heterocycles. The van der Waals surface area contributed by atoms with E-state index in [1.165, 1.54) is 30.6 Å². The van der Waals surface area contributed by atoms with E-state index in [-0.39, 0.29) is 24.0 Å². The molecule has 3 aromatic rings. The van der Waals surface area contributed by atoms with Crippen LogP contribution in [0.15, 0.2) is 29.4 Å². The molecule has 1 amide bonds. The Morgan fingerprint density at radius 1 is 1.23 bits per heavy atom. The number of anilines is 1. The van der Waals surface area contributed by atoms with Crippen molar-refractivity contribution in [1.82, 2.24) is 14.8 Å². The van der Waals surface area contributed by atoms with Gasteiger partial charge in [0.25, 0.3) is 0 Å². The third kappa shape index (κ3) is 6.34. The maximum Gasteiger partial charge on any atom is 0.416 e. The van der Waals surface area contributed by atoms with Gasteiger partial charge in [-0.1, -0.05) is 17.8 Å². The summed E-state index contributed by atoms with van der Waals surface area (Å²) in [6.07, 6.45) is -4.47. The number of nitrogens with zero attached hydrogens (tertiary/aromatic N) is 3. The number of thiophene rings is 1. The highest BCUT2D eigenvalue weighted by atomic mass is 32.2. The summed E-state index contributed by atoms with van der Waals surface area (Å²) >= 11 is 2.43. The summed E-state index contributed by atoms with van der Waals surface area (Å²) in [6, 6.07) is 4.58. The van der Waals surface area contributed by atoms with Crippen LogP contribution in [0.1, 0.15) is 39.1 Å². The Kier molecular flexibility index (Phi) is 8.43. The zero-order chi connectivity index (χ0) is 25.8. The molecule has 8 nitrogen and oxygen atoms in total. The molecule has 0 aliphatic rings. The fourth-order valence-corrected chi connectivity index (χ4v) is 5.00. The summed E-state index contributed by atoms with van der Waals surface area (Å²) < 4.78 is 50.7. The van der Waals surface area contributed by atoms with E-state index >= 15 is 0 Å². The quantitative estimate of drug-likeness (QED) is 0.305. The van der Waals surface area contributed by atoms with Crippen molar-refractivity contribution in [3.63, 3.8) is 0 Å². The summed E-state index contributed by atoms with van der Waals surface area (Å²) in [5, 5.41) is 11.8. The average molecular weight is 529 g/mol. The average Bonchev–Trinajstić information content (AvgIpc) is 3.34. The zero-order valence-electron chi connectivity index (χ0n) is 19.4. The molecule has 35 heavy (non-hydrogen) atoms. The number of aromatic nitrogens is 3.